The van der Waals surface area contributed by atoms with Gasteiger partial charge in [0.25, 0.3) is 0 Å². The van der Waals surface area contributed by atoms with Crippen molar-refractivity contribution in [2.24, 2.45) is 5.41 Å². The largest absolute Gasteiger partial charge is 0.444 e. The molecule has 1 amide bonds. The summed E-state index contributed by atoms with van der Waals surface area (Å²) in [6.07, 6.45) is -3.61. The van der Waals surface area contributed by atoms with Crippen molar-refractivity contribution in [3.63, 3.8) is 0 Å². The Morgan fingerprint density at radius 1 is 1.06 bits per heavy atom. The van der Waals surface area contributed by atoms with Gasteiger partial charge in [-0.1, -0.05) is 11.6 Å². The van der Waals surface area contributed by atoms with Gasteiger partial charge in [-0.15, -0.1) is 11.8 Å². The Bertz CT molecular complexity index is 1970. The summed E-state index contributed by atoms with van der Waals surface area (Å²) in [6, 6.07) is 0.893. The molecule has 0 N–H and O–H groups in total. The smallest absolute Gasteiger partial charge is 0.417 e. The molecule has 0 radical (unpaired) electrons. The zero-order valence-corrected chi connectivity index (χ0v) is 31.2. The third-order valence-corrected chi connectivity index (χ3v) is 12.1. The quantitative estimate of drug-likeness (QED) is 0.198. The minimum absolute atomic E-state index is 0.0423. The van der Waals surface area contributed by atoms with Gasteiger partial charge in [-0.3, -0.25) is 4.57 Å². The van der Waals surface area contributed by atoms with Gasteiger partial charge in [0.05, 0.1) is 35.4 Å². The highest BCUT2D eigenvalue weighted by molar-refractivity contribution is 7.99. The summed E-state index contributed by atoms with van der Waals surface area (Å²) in [4.78, 5) is 37.5. The van der Waals surface area contributed by atoms with E-state index in [2.05, 4.69) is 9.88 Å². The molecule has 3 aromatic rings. The summed E-state index contributed by atoms with van der Waals surface area (Å²) >= 11 is 7.14. The summed E-state index contributed by atoms with van der Waals surface area (Å²) in [5, 5.41) is -0.459. The molecule has 7 rings (SSSR count). The number of hydrogen-bond donors (Lipinski definition) is 0. The van der Waals surface area contributed by atoms with E-state index in [4.69, 9.17) is 21.1 Å². The van der Waals surface area contributed by atoms with E-state index in [-0.39, 0.29) is 45.9 Å². The van der Waals surface area contributed by atoms with E-state index >= 15 is 17.6 Å². The Hall–Kier alpha value is -3.14. The standard InChI is InChI=1S/C36H41ClF5N5O4S/c1-19-14-46(33(49)51-34(3,4)5)20(2)13-45(19)31-23-10-24(36(40,41)42)28(22-11-25(37)27(39)12-26(22)38)30-29(23)47(32(48)43-31)21(16-52-30)15-44-8-6-35(7-9-44)17-50-18-35/h10-12,19-21H,6-9,13-18H2,1-5H3/t19-,20+,21-/m0/s1. The van der Waals surface area contributed by atoms with Gasteiger partial charge in [-0.25, -0.2) is 18.4 Å². The van der Waals surface area contributed by atoms with Crippen molar-refractivity contribution >= 4 is 46.2 Å². The van der Waals surface area contributed by atoms with Crippen LogP contribution in [0, 0.1) is 17.0 Å². The normalized spacial score (nSPS) is 23.6. The summed E-state index contributed by atoms with van der Waals surface area (Å²) in [6.45, 7) is 12.7. The first-order valence-corrected chi connectivity index (χ1v) is 18.8. The molecule has 4 aliphatic heterocycles. The van der Waals surface area contributed by atoms with E-state index in [1.807, 2.05) is 0 Å². The highest BCUT2D eigenvalue weighted by atomic mass is 35.5. The van der Waals surface area contributed by atoms with E-state index < -0.39 is 75.0 Å². The molecule has 5 heterocycles. The van der Waals surface area contributed by atoms with Gasteiger partial charge >= 0.3 is 18.0 Å². The van der Waals surface area contributed by atoms with Crippen LogP contribution in [0.4, 0.5) is 32.6 Å². The minimum Gasteiger partial charge on any atom is -0.444 e. The van der Waals surface area contributed by atoms with Crippen LogP contribution in [0.2, 0.25) is 5.02 Å². The number of aromatic nitrogens is 2. The molecule has 3 atom stereocenters. The molecule has 1 spiro atoms. The molecule has 3 fully saturated rings. The zero-order chi connectivity index (χ0) is 37.5. The summed E-state index contributed by atoms with van der Waals surface area (Å²) < 4.78 is 87.8. The summed E-state index contributed by atoms with van der Waals surface area (Å²) in [5.74, 6) is -2.05. The van der Waals surface area contributed by atoms with Crippen molar-refractivity contribution in [2.45, 2.75) is 82.3 Å². The van der Waals surface area contributed by atoms with Crippen LogP contribution >= 0.6 is 23.4 Å². The van der Waals surface area contributed by atoms with Crippen LogP contribution in [0.3, 0.4) is 0 Å². The monoisotopic (exact) mass is 769 g/mol. The first-order valence-electron chi connectivity index (χ1n) is 17.4. The molecule has 16 heteroatoms. The Labute approximate surface area is 307 Å². The average molecular weight is 770 g/mol. The molecule has 4 aliphatic rings. The number of nitrogens with zero attached hydrogens (tertiary/aromatic N) is 5. The zero-order valence-electron chi connectivity index (χ0n) is 29.6. The van der Waals surface area contributed by atoms with Gasteiger partial charge in [0, 0.05) is 70.4 Å². The number of carbonyl (C=O) groups is 1. The molecule has 9 nitrogen and oxygen atoms in total. The van der Waals surface area contributed by atoms with Gasteiger partial charge in [0.2, 0.25) is 0 Å². The number of hydrogen-bond acceptors (Lipinski definition) is 8. The van der Waals surface area contributed by atoms with Crippen molar-refractivity contribution < 1.29 is 36.2 Å². The van der Waals surface area contributed by atoms with Crippen LogP contribution in [-0.4, -0.2) is 94.8 Å². The second kappa shape index (κ2) is 13.3. The van der Waals surface area contributed by atoms with Gasteiger partial charge in [0.15, 0.2) is 0 Å². The lowest BCUT2D eigenvalue weighted by Gasteiger charge is -2.48. The lowest BCUT2D eigenvalue weighted by atomic mass is 9.77. The number of halogens is 6. The van der Waals surface area contributed by atoms with Crippen molar-refractivity contribution in [3.05, 3.63) is 50.9 Å². The third kappa shape index (κ3) is 6.75. The van der Waals surface area contributed by atoms with Gasteiger partial charge in [0.1, 0.15) is 23.1 Å². The van der Waals surface area contributed by atoms with Crippen LogP contribution in [0.25, 0.3) is 22.0 Å². The molecule has 3 saturated heterocycles. The van der Waals surface area contributed by atoms with E-state index in [9.17, 15) is 14.0 Å². The maximum Gasteiger partial charge on any atom is 0.417 e. The van der Waals surface area contributed by atoms with Crippen molar-refractivity contribution in [1.82, 2.24) is 19.4 Å². The Kier molecular flexibility index (Phi) is 9.52. The number of piperazine rings is 1. The molecule has 0 bridgehead atoms. The number of piperidine rings is 1. The number of ether oxygens (including phenoxy) is 2. The van der Waals surface area contributed by atoms with Crippen LogP contribution in [0.5, 0.6) is 0 Å². The molecule has 0 saturated carbocycles. The minimum atomic E-state index is -4.98. The molecule has 52 heavy (non-hydrogen) atoms. The molecule has 0 aliphatic carbocycles. The molecule has 282 valence electrons. The second-order valence-corrected chi connectivity index (χ2v) is 17.0. The maximum absolute atomic E-state index is 15.5. The Balaban J connectivity index is 1.39. The number of thioether (sulfide) groups is 1. The number of benzene rings is 2. The average Bonchev–Trinajstić information content (AvgIpc) is 3.04. The van der Waals surface area contributed by atoms with Crippen molar-refractivity contribution in [2.75, 3.05) is 56.6 Å². The molecular formula is C36H41ClF5N5O4S. The van der Waals surface area contributed by atoms with Crippen LogP contribution in [0.15, 0.2) is 27.9 Å². The second-order valence-electron chi connectivity index (χ2n) is 15.6. The fourth-order valence-corrected chi connectivity index (χ4v) is 9.32. The van der Waals surface area contributed by atoms with Crippen molar-refractivity contribution in [3.8, 4) is 11.1 Å². The van der Waals surface area contributed by atoms with Crippen LogP contribution < -0.4 is 10.6 Å². The lowest BCUT2D eigenvalue weighted by molar-refractivity contribution is -0.140. The number of anilines is 1. The summed E-state index contributed by atoms with van der Waals surface area (Å²) in [5.41, 5.74) is -3.18. The van der Waals surface area contributed by atoms with Crippen LogP contribution in [0.1, 0.15) is 59.1 Å². The third-order valence-electron chi connectivity index (χ3n) is 10.6. The number of likely N-dealkylation sites (tertiary alicyclic amines) is 1. The predicted octanol–water partition coefficient (Wildman–Crippen LogP) is 7.61. The van der Waals surface area contributed by atoms with Gasteiger partial charge in [-0.05, 0) is 72.7 Å². The van der Waals surface area contributed by atoms with E-state index in [0.29, 0.717) is 12.6 Å². The van der Waals surface area contributed by atoms with Crippen LogP contribution in [-0.2, 0) is 15.7 Å². The SMILES string of the molecule is C[C@@H]1CN(c2nc(=O)n3c4c(c(-c5cc(Cl)c(F)cc5F)c(C(F)(F)F)cc24)SC[C@@H]3CN2CCC3(CC2)COC3)[C@@H](C)CN1C(=O)OC(C)(C)C. The molecular weight excluding hydrogens is 729 g/mol. The first kappa shape index (κ1) is 37.2. The van der Waals surface area contributed by atoms with E-state index in [1.165, 1.54) is 4.57 Å². The molecule has 1 aromatic heterocycles. The highest BCUT2D eigenvalue weighted by Gasteiger charge is 2.44. The topological polar surface area (TPSA) is 80.1 Å². The molecule has 0 unspecified atom stereocenters. The Morgan fingerprint density at radius 2 is 1.75 bits per heavy atom. The first-order chi connectivity index (χ1) is 24.4. The fourth-order valence-electron chi connectivity index (χ4n) is 7.83. The van der Waals surface area contributed by atoms with E-state index in [1.54, 1.807) is 44.4 Å². The Morgan fingerprint density at radius 3 is 2.37 bits per heavy atom. The van der Waals surface area contributed by atoms with Gasteiger partial charge in [-0.2, -0.15) is 18.2 Å². The predicted molar refractivity (Wildman–Crippen MR) is 189 cm³/mol. The number of amides is 1. The van der Waals surface area contributed by atoms with Crippen molar-refractivity contribution in [1.29, 1.82) is 0 Å². The maximum atomic E-state index is 15.5. The van der Waals surface area contributed by atoms with E-state index in [0.717, 1.165) is 63.0 Å². The fraction of sp³-hybridized carbons (Fsp3) is 0.583. The number of rotatable bonds is 4. The number of carbonyl (C=O) groups excluding carboxylic acids is 1. The molecule has 2 aromatic carbocycles. The highest BCUT2D eigenvalue weighted by Crippen LogP contribution is 2.51. The number of alkyl halides is 3. The summed E-state index contributed by atoms with van der Waals surface area (Å²) in [7, 11) is 0. The van der Waals surface area contributed by atoms with Gasteiger partial charge < -0.3 is 24.2 Å². The lowest BCUT2D eigenvalue weighted by Crippen LogP contribution is -2.59.